The van der Waals surface area contributed by atoms with Gasteiger partial charge in [0.05, 0.1) is 10.5 Å². The zero-order chi connectivity index (χ0) is 21.7. The second-order valence-corrected chi connectivity index (χ2v) is 9.14. The number of benzene rings is 1. The Hall–Kier alpha value is -2.82. The molecule has 1 fully saturated rings. The molecule has 10 heteroatoms. The van der Waals surface area contributed by atoms with E-state index in [1.807, 2.05) is 0 Å². The molecule has 0 aliphatic carbocycles. The number of nitrogens with two attached hydrogens (primary N) is 1. The normalized spacial score (nSPS) is 15.6. The van der Waals surface area contributed by atoms with Crippen LogP contribution in [-0.4, -0.2) is 54.6 Å². The Labute approximate surface area is 175 Å². The number of aliphatic hydroxyl groups excluding tert-OH is 1. The number of pyridine rings is 1. The van der Waals surface area contributed by atoms with Crippen LogP contribution in [-0.2, 0) is 16.6 Å². The van der Waals surface area contributed by atoms with Crippen LogP contribution in [0.5, 0.6) is 0 Å². The summed E-state index contributed by atoms with van der Waals surface area (Å²) < 4.78 is 27.0. The molecule has 0 radical (unpaired) electrons. The van der Waals surface area contributed by atoms with Crippen LogP contribution in [0.1, 0.15) is 34.3 Å². The zero-order valence-electron chi connectivity index (χ0n) is 16.4. The first-order valence-corrected chi connectivity index (χ1v) is 11.0. The van der Waals surface area contributed by atoms with Crippen molar-refractivity contribution < 1.29 is 18.3 Å². The topological polar surface area (TPSA) is 149 Å². The maximum Gasteiger partial charge on any atom is 0.253 e. The zero-order valence-corrected chi connectivity index (χ0v) is 17.2. The van der Waals surface area contributed by atoms with Gasteiger partial charge in [-0.15, -0.1) is 0 Å². The molecule has 2 heterocycles. The number of sulfonamides is 1. The molecule has 0 unspecified atom stereocenters. The van der Waals surface area contributed by atoms with E-state index in [1.54, 1.807) is 12.1 Å². The maximum atomic E-state index is 12.8. The van der Waals surface area contributed by atoms with Gasteiger partial charge in [-0.2, -0.15) is 4.31 Å². The van der Waals surface area contributed by atoms with Gasteiger partial charge in [0, 0.05) is 44.2 Å². The Kier molecular flexibility index (Phi) is 6.80. The van der Waals surface area contributed by atoms with E-state index in [4.69, 9.17) is 11.1 Å². The lowest BCUT2D eigenvalue weighted by Gasteiger charge is -2.30. The Morgan fingerprint density at radius 3 is 2.57 bits per heavy atom. The second kappa shape index (κ2) is 9.33. The van der Waals surface area contributed by atoms with Gasteiger partial charge in [-0.05, 0) is 42.5 Å². The molecule has 160 valence electrons. The largest absolute Gasteiger partial charge is 0.396 e. The third-order valence-corrected chi connectivity index (χ3v) is 7.13. The number of nitrogens with zero attached hydrogens (tertiary/aromatic N) is 2. The van der Waals surface area contributed by atoms with Gasteiger partial charge in [0.25, 0.3) is 5.91 Å². The van der Waals surface area contributed by atoms with E-state index in [-0.39, 0.29) is 41.3 Å². The Balaban J connectivity index is 1.62. The summed E-state index contributed by atoms with van der Waals surface area (Å²) in [5, 5.41) is 19.2. The SMILES string of the molecule is N=Cc1cc(C(=O)NCc2ccc(S(=O)(=O)N3CCC(CO)CC3)cc2)cnc1N. The summed E-state index contributed by atoms with van der Waals surface area (Å²) in [4.78, 5) is 16.4. The molecule has 0 atom stereocenters. The number of aromatic nitrogens is 1. The van der Waals surface area contributed by atoms with Crippen LogP contribution >= 0.6 is 0 Å². The van der Waals surface area contributed by atoms with Crippen LogP contribution < -0.4 is 11.1 Å². The van der Waals surface area contributed by atoms with Crippen molar-refractivity contribution >= 4 is 28.0 Å². The number of nitrogen functional groups attached to an aromatic ring is 1. The number of carbonyl (C=O) groups excluding carboxylic acids is 1. The predicted octanol–water partition coefficient (Wildman–Crippen LogP) is 0.984. The monoisotopic (exact) mass is 431 g/mol. The highest BCUT2D eigenvalue weighted by Crippen LogP contribution is 2.23. The molecule has 1 aromatic carbocycles. The molecule has 1 saturated heterocycles. The van der Waals surface area contributed by atoms with Gasteiger partial charge in [-0.25, -0.2) is 13.4 Å². The van der Waals surface area contributed by atoms with Crippen molar-refractivity contribution in [2.24, 2.45) is 5.92 Å². The highest BCUT2D eigenvalue weighted by atomic mass is 32.2. The van der Waals surface area contributed by atoms with E-state index >= 15 is 0 Å². The fraction of sp³-hybridized carbons (Fsp3) is 0.350. The van der Waals surface area contributed by atoms with Gasteiger partial charge >= 0.3 is 0 Å². The van der Waals surface area contributed by atoms with E-state index in [2.05, 4.69) is 10.3 Å². The first-order chi connectivity index (χ1) is 14.3. The minimum atomic E-state index is -3.57. The van der Waals surface area contributed by atoms with Crippen molar-refractivity contribution in [1.82, 2.24) is 14.6 Å². The lowest BCUT2D eigenvalue weighted by molar-refractivity contribution is 0.0950. The molecule has 1 aliphatic rings. The third kappa shape index (κ3) is 4.84. The quantitative estimate of drug-likeness (QED) is 0.480. The first kappa shape index (κ1) is 21.9. The van der Waals surface area contributed by atoms with E-state index in [0.717, 1.165) is 11.8 Å². The number of hydrogen-bond donors (Lipinski definition) is 4. The molecule has 0 bridgehead atoms. The number of carbonyl (C=O) groups is 1. The number of nitrogens with one attached hydrogen (secondary N) is 2. The summed E-state index contributed by atoms with van der Waals surface area (Å²) in [5.74, 6) is -0.0261. The first-order valence-electron chi connectivity index (χ1n) is 9.59. The second-order valence-electron chi connectivity index (χ2n) is 7.20. The molecule has 30 heavy (non-hydrogen) atoms. The number of rotatable bonds is 7. The van der Waals surface area contributed by atoms with E-state index < -0.39 is 10.0 Å². The summed E-state index contributed by atoms with van der Waals surface area (Å²) in [6.07, 6.45) is 3.68. The summed E-state index contributed by atoms with van der Waals surface area (Å²) in [5.41, 5.74) is 7.02. The van der Waals surface area contributed by atoms with Crippen molar-refractivity contribution in [3.05, 3.63) is 53.2 Å². The van der Waals surface area contributed by atoms with Gasteiger partial charge < -0.3 is 21.6 Å². The Morgan fingerprint density at radius 2 is 1.97 bits per heavy atom. The molecule has 9 nitrogen and oxygen atoms in total. The molecule has 1 aromatic heterocycles. The van der Waals surface area contributed by atoms with Crippen molar-refractivity contribution in [3.8, 4) is 0 Å². The number of aliphatic hydroxyl groups is 1. The Morgan fingerprint density at radius 1 is 1.30 bits per heavy atom. The van der Waals surface area contributed by atoms with Crippen LogP contribution in [0.25, 0.3) is 0 Å². The average molecular weight is 432 g/mol. The fourth-order valence-corrected chi connectivity index (χ4v) is 4.75. The minimum Gasteiger partial charge on any atom is -0.396 e. The van der Waals surface area contributed by atoms with Gasteiger partial charge in [0.15, 0.2) is 0 Å². The molecule has 0 spiro atoms. The highest BCUT2D eigenvalue weighted by molar-refractivity contribution is 7.89. The molecular formula is C20H25N5O4S. The van der Waals surface area contributed by atoms with Gasteiger partial charge in [-0.1, -0.05) is 12.1 Å². The van der Waals surface area contributed by atoms with E-state index in [9.17, 15) is 18.3 Å². The summed E-state index contributed by atoms with van der Waals surface area (Å²) in [6, 6.07) is 7.88. The van der Waals surface area contributed by atoms with Crippen molar-refractivity contribution in [2.75, 3.05) is 25.4 Å². The van der Waals surface area contributed by atoms with Gasteiger partial charge in [0.1, 0.15) is 5.82 Å². The number of anilines is 1. The maximum absolute atomic E-state index is 12.8. The van der Waals surface area contributed by atoms with Crippen LogP contribution in [0.15, 0.2) is 41.4 Å². The van der Waals surface area contributed by atoms with Crippen molar-refractivity contribution in [1.29, 1.82) is 5.41 Å². The third-order valence-electron chi connectivity index (χ3n) is 5.21. The van der Waals surface area contributed by atoms with E-state index in [0.29, 0.717) is 31.5 Å². The highest BCUT2D eigenvalue weighted by Gasteiger charge is 2.29. The molecule has 1 amide bonds. The van der Waals surface area contributed by atoms with Crippen molar-refractivity contribution in [3.63, 3.8) is 0 Å². The molecule has 2 aromatic rings. The molecular weight excluding hydrogens is 406 g/mol. The standard InChI is InChI=1S/C20H25N5O4S/c21-10-16-9-17(12-23-19(16)22)20(27)24-11-14-1-3-18(4-2-14)30(28,29)25-7-5-15(13-26)6-8-25/h1-4,9-10,12,15,21,26H,5-8,11,13H2,(H2,22,23)(H,24,27). The molecule has 1 aliphatic heterocycles. The molecule has 3 rings (SSSR count). The molecule has 0 saturated carbocycles. The minimum absolute atomic E-state index is 0.0867. The smallest absolute Gasteiger partial charge is 0.253 e. The van der Waals surface area contributed by atoms with E-state index in [1.165, 1.54) is 28.7 Å². The Bertz CT molecular complexity index is 1020. The molecule has 5 N–H and O–H groups in total. The average Bonchev–Trinajstić information content (AvgIpc) is 2.78. The van der Waals surface area contributed by atoms with Crippen LogP contribution in [0, 0.1) is 11.3 Å². The van der Waals surface area contributed by atoms with Gasteiger partial charge in [0.2, 0.25) is 10.0 Å². The predicted molar refractivity (Wildman–Crippen MR) is 113 cm³/mol. The van der Waals surface area contributed by atoms with Crippen LogP contribution in [0.3, 0.4) is 0 Å². The number of piperidine rings is 1. The number of amides is 1. The van der Waals surface area contributed by atoms with Crippen LogP contribution in [0.4, 0.5) is 5.82 Å². The summed E-state index contributed by atoms with van der Waals surface area (Å²) >= 11 is 0. The number of hydrogen-bond acceptors (Lipinski definition) is 7. The summed E-state index contributed by atoms with van der Waals surface area (Å²) in [7, 11) is -3.57. The lowest BCUT2D eigenvalue weighted by atomic mass is 10.00. The van der Waals surface area contributed by atoms with Gasteiger partial charge in [-0.3, -0.25) is 4.79 Å². The lowest BCUT2D eigenvalue weighted by Crippen LogP contribution is -2.39. The van der Waals surface area contributed by atoms with Crippen LogP contribution in [0.2, 0.25) is 0 Å². The fourth-order valence-electron chi connectivity index (χ4n) is 3.28. The summed E-state index contributed by atoms with van der Waals surface area (Å²) in [6.45, 7) is 1.10. The van der Waals surface area contributed by atoms with Crippen molar-refractivity contribution in [2.45, 2.75) is 24.3 Å².